The summed E-state index contributed by atoms with van der Waals surface area (Å²) in [6.07, 6.45) is -11.8. The molecular weight excluding hydrogens is 574 g/mol. The fourth-order valence-electron chi connectivity index (χ4n) is 3.85. The maximum atomic E-state index is 13.5. The molecule has 4 rings (SSSR count). The second-order valence-electron chi connectivity index (χ2n) is 8.45. The highest BCUT2D eigenvalue weighted by atomic mass is 35.5. The van der Waals surface area contributed by atoms with Crippen molar-refractivity contribution < 1.29 is 41.4 Å². The Morgan fingerprint density at radius 3 is 2.27 bits per heavy atom. The van der Waals surface area contributed by atoms with E-state index in [0.29, 0.717) is 25.0 Å². The highest BCUT2D eigenvalue weighted by Crippen LogP contribution is 2.35. The average molecular weight is 591 g/mol. The molecule has 2 aromatic heterocycles. The molecule has 2 aromatic carbocycles. The van der Waals surface area contributed by atoms with Gasteiger partial charge in [0.15, 0.2) is 18.0 Å². The van der Waals surface area contributed by atoms with Crippen LogP contribution in [0.15, 0.2) is 59.5 Å². The van der Waals surface area contributed by atoms with Gasteiger partial charge in [-0.2, -0.15) is 26.3 Å². The van der Waals surface area contributed by atoms with Crippen molar-refractivity contribution in [1.82, 2.24) is 29.3 Å². The van der Waals surface area contributed by atoms with Crippen LogP contribution in [0.25, 0.3) is 11.4 Å². The van der Waals surface area contributed by atoms with Gasteiger partial charge in [0.05, 0.1) is 24.8 Å². The van der Waals surface area contributed by atoms with Crippen molar-refractivity contribution in [3.8, 4) is 11.4 Å². The normalized spacial score (nSPS) is 13.8. The monoisotopic (exact) mass is 590 g/mol. The number of carbonyl (C=O) groups is 1. The molecule has 0 saturated heterocycles. The number of hydrogen-bond donors (Lipinski definition) is 2. The molecular formula is C23H17ClF6N6O4. The predicted molar refractivity (Wildman–Crippen MR) is 125 cm³/mol. The summed E-state index contributed by atoms with van der Waals surface area (Å²) in [5.74, 6) is -1.93. The number of halogens is 7. The highest BCUT2D eigenvalue weighted by molar-refractivity contribution is 6.30. The molecule has 0 radical (unpaired) electrons. The van der Waals surface area contributed by atoms with E-state index >= 15 is 0 Å². The van der Waals surface area contributed by atoms with Crippen LogP contribution in [0.2, 0.25) is 5.02 Å². The number of carboxylic acids is 1. The molecule has 0 aliphatic carbocycles. The van der Waals surface area contributed by atoms with Gasteiger partial charge in [0.2, 0.25) is 0 Å². The number of aliphatic hydroxyl groups excluding tert-OH is 1. The Morgan fingerprint density at radius 2 is 1.68 bits per heavy atom. The molecule has 1 unspecified atom stereocenters. The van der Waals surface area contributed by atoms with E-state index in [0.717, 1.165) is 18.3 Å². The Hall–Kier alpha value is -4.18. The Morgan fingerprint density at radius 1 is 1.02 bits per heavy atom. The zero-order valence-corrected chi connectivity index (χ0v) is 20.6. The molecule has 2 heterocycles. The SMILES string of the molecule is O=C(O)C(c1ccccc1C(F)(F)F)n1cc(Cn2nc(-c3ccc(Cl)cc3)n(C[C@H](O)C(F)(F)F)c2=O)nn1. The van der Waals surface area contributed by atoms with Gasteiger partial charge in [-0.1, -0.05) is 35.0 Å². The Labute approximate surface area is 224 Å². The van der Waals surface area contributed by atoms with Crippen LogP contribution in [-0.2, 0) is 24.1 Å². The van der Waals surface area contributed by atoms with Gasteiger partial charge >= 0.3 is 24.0 Å². The van der Waals surface area contributed by atoms with Crippen LogP contribution in [0.4, 0.5) is 26.3 Å². The van der Waals surface area contributed by atoms with Gasteiger partial charge < -0.3 is 10.2 Å². The van der Waals surface area contributed by atoms with Crippen LogP contribution in [-0.4, -0.2) is 57.8 Å². The third kappa shape index (κ3) is 6.02. The molecule has 4 aromatic rings. The van der Waals surface area contributed by atoms with Gasteiger partial charge in [-0.3, -0.25) is 4.57 Å². The van der Waals surface area contributed by atoms with E-state index in [2.05, 4.69) is 15.4 Å². The Kier molecular flexibility index (Phi) is 7.76. The van der Waals surface area contributed by atoms with E-state index in [-0.39, 0.29) is 17.1 Å². The molecule has 2 N–H and O–H groups in total. The number of aromatic nitrogens is 6. The maximum absolute atomic E-state index is 13.5. The van der Waals surface area contributed by atoms with Crippen molar-refractivity contribution in [2.24, 2.45) is 0 Å². The van der Waals surface area contributed by atoms with E-state index in [1.807, 2.05) is 0 Å². The number of nitrogens with zero attached hydrogens (tertiary/aromatic N) is 6. The zero-order valence-electron chi connectivity index (χ0n) is 19.8. The summed E-state index contributed by atoms with van der Waals surface area (Å²) in [5, 5.41) is 30.9. The number of hydrogen-bond acceptors (Lipinski definition) is 6. The van der Waals surface area contributed by atoms with Gasteiger partial charge in [-0.05, 0) is 30.3 Å². The number of carboxylic acid groups (broad SMARTS) is 1. The minimum atomic E-state index is -5.04. The number of alkyl halides is 6. The van der Waals surface area contributed by atoms with Gasteiger partial charge in [-0.15, -0.1) is 10.2 Å². The first-order valence-electron chi connectivity index (χ1n) is 11.1. The largest absolute Gasteiger partial charge is 0.479 e. The number of benzene rings is 2. The van der Waals surface area contributed by atoms with Crippen LogP contribution in [0.3, 0.4) is 0 Å². The summed E-state index contributed by atoms with van der Waals surface area (Å²) in [6.45, 7) is -1.73. The Bertz CT molecular complexity index is 1580. The highest BCUT2D eigenvalue weighted by Gasteiger charge is 2.40. The summed E-state index contributed by atoms with van der Waals surface area (Å²) in [6, 6.07) is 7.63. The zero-order chi connectivity index (χ0) is 29.4. The van der Waals surface area contributed by atoms with Crippen LogP contribution in [0.1, 0.15) is 22.9 Å². The first-order valence-corrected chi connectivity index (χ1v) is 11.5. The minimum absolute atomic E-state index is 0.137. The van der Waals surface area contributed by atoms with Gasteiger partial charge in [-0.25, -0.2) is 19.0 Å². The van der Waals surface area contributed by atoms with Crippen LogP contribution in [0.5, 0.6) is 0 Å². The predicted octanol–water partition coefficient (Wildman–Crippen LogP) is 3.62. The number of aliphatic carboxylic acids is 1. The van der Waals surface area contributed by atoms with Crippen LogP contribution in [0, 0.1) is 0 Å². The van der Waals surface area contributed by atoms with Crippen LogP contribution < -0.4 is 5.69 Å². The lowest BCUT2D eigenvalue weighted by Gasteiger charge is -2.18. The molecule has 17 heteroatoms. The van der Waals surface area contributed by atoms with E-state index in [1.165, 1.54) is 30.3 Å². The van der Waals surface area contributed by atoms with Crippen molar-refractivity contribution >= 4 is 17.6 Å². The molecule has 212 valence electrons. The molecule has 0 bridgehead atoms. The Balaban J connectivity index is 1.72. The molecule has 40 heavy (non-hydrogen) atoms. The van der Waals surface area contributed by atoms with E-state index in [9.17, 15) is 46.1 Å². The summed E-state index contributed by atoms with van der Waals surface area (Å²) >= 11 is 5.85. The fraction of sp³-hybridized carbons (Fsp3) is 0.261. The van der Waals surface area contributed by atoms with Crippen molar-refractivity contribution in [2.75, 3.05) is 0 Å². The second-order valence-corrected chi connectivity index (χ2v) is 8.89. The fourth-order valence-corrected chi connectivity index (χ4v) is 3.97. The van der Waals surface area contributed by atoms with E-state index in [4.69, 9.17) is 11.6 Å². The third-order valence-corrected chi connectivity index (χ3v) is 5.94. The third-order valence-electron chi connectivity index (χ3n) is 5.69. The standard InChI is InChI=1S/C23H17ClF6N6O4/c24-13-7-5-12(6-8-13)19-32-36(21(40)34(19)11-17(37)23(28,29)30)10-14-9-35(33-31-14)18(20(38)39)15-3-1-2-4-16(15)22(25,26)27/h1-9,17-18,37H,10-11H2,(H,38,39)/t17-,18?/m0/s1. The summed E-state index contributed by atoms with van der Waals surface area (Å²) in [7, 11) is 0. The quantitative estimate of drug-likeness (QED) is 0.300. The molecule has 0 amide bonds. The second kappa shape index (κ2) is 10.8. The average Bonchev–Trinajstić information content (AvgIpc) is 3.44. The van der Waals surface area contributed by atoms with Crippen molar-refractivity contribution in [3.05, 3.63) is 87.1 Å². The van der Waals surface area contributed by atoms with E-state index < -0.39 is 60.4 Å². The van der Waals surface area contributed by atoms with Crippen molar-refractivity contribution in [2.45, 2.75) is 37.6 Å². The van der Waals surface area contributed by atoms with E-state index in [1.54, 1.807) is 0 Å². The smallest absolute Gasteiger partial charge is 0.416 e. The topological polar surface area (TPSA) is 128 Å². The minimum Gasteiger partial charge on any atom is -0.479 e. The summed E-state index contributed by atoms with van der Waals surface area (Å²) in [4.78, 5) is 25.0. The lowest BCUT2D eigenvalue weighted by Crippen LogP contribution is -2.37. The molecule has 0 fully saturated rings. The van der Waals surface area contributed by atoms with Gasteiger partial charge in [0, 0.05) is 16.1 Å². The summed E-state index contributed by atoms with van der Waals surface area (Å²) in [5.41, 5.74) is -2.86. The lowest BCUT2D eigenvalue weighted by atomic mass is 10.00. The molecule has 10 nitrogen and oxygen atoms in total. The first-order chi connectivity index (χ1) is 18.7. The molecule has 0 aliphatic heterocycles. The van der Waals surface area contributed by atoms with Gasteiger partial charge in [0.1, 0.15) is 5.69 Å². The number of aliphatic hydroxyl groups is 1. The first kappa shape index (κ1) is 28.8. The molecule has 0 spiro atoms. The molecule has 0 saturated carbocycles. The lowest BCUT2D eigenvalue weighted by molar-refractivity contribution is -0.207. The maximum Gasteiger partial charge on any atom is 0.416 e. The van der Waals surface area contributed by atoms with Gasteiger partial charge in [0.25, 0.3) is 0 Å². The molecule has 2 atom stereocenters. The van der Waals surface area contributed by atoms with Crippen LogP contribution >= 0.6 is 11.6 Å². The van der Waals surface area contributed by atoms with Crippen molar-refractivity contribution in [3.63, 3.8) is 0 Å². The number of rotatable bonds is 8. The summed E-state index contributed by atoms with van der Waals surface area (Å²) < 4.78 is 81.6. The van der Waals surface area contributed by atoms with Crippen molar-refractivity contribution in [1.29, 1.82) is 0 Å². The molecule has 0 aliphatic rings.